The lowest BCUT2D eigenvalue weighted by atomic mass is 10.2. The van der Waals surface area contributed by atoms with Gasteiger partial charge in [-0.1, -0.05) is 12.1 Å². The minimum absolute atomic E-state index is 0.0151. The van der Waals surface area contributed by atoms with Crippen molar-refractivity contribution in [1.82, 2.24) is 15.0 Å². The summed E-state index contributed by atoms with van der Waals surface area (Å²) in [5.41, 5.74) is 2.55. The van der Waals surface area contributed by atoms with Gasteiger partial charge in [0, 0.05) is 18.2 Å². The monoisotopic (exact) mass is 567 g/mol. The van der Waals surface area contributed by atoms with E-state index in [0.717, 1.165) is 5.52 Å². The Kier molecular flexibility index (Phi) is 9.63. The second-order valence-electron chi connectivity index (χ2n) is 7.64. The van der Waals surface area contributed by atoms with Crippen LogP contribution in [-0.4, -0.2) is 71.8 Å². The summed E-state index contributed by atoms with van der Waals surface area (Å²) < 4.78 is 23.2. The molecular formula is C21H21N5O12S. The van der Waals surface area contributed by atoms with E-state index in [1.54, 1.807) is 19.1 Å². The molecule has 3 unspecified atom stereocenters. The summed E-state index contributed by atoms with van der Waals surface area (Å²) in [7, 11) is -1.52. The highest BCUT2D eigenvalue weighted by atomic mass is 32.2. The molecule has 0 saturated carbocycles. The molecule has 0 fully saturated rings. The topological polar surface area (TPSA) is 236 Å². The Morgan fingerprint density at radius 1 is 1.10 bits per heavy atom. The molecule has 0 aliphatic heterocycles. The number of H-pyrrole nitrogens is 1. The molecule has 18 heteroatoms. The Hall–Kier alpha value is -4.87. The molecule has 0 radical (unpaired) electrons. The normalized spacial score (nSPS) is 13.2. The third-order valence-electron chi connectivity index (χ3n) is 5.05. The molecule has 2 N–H and O–H groups in total. The molecule has 39 heavy (non-hydrogen) atoms. The lowest BCUT2D eigenvalue weighted by molar-refractivity contribution is -0.792. The number of carboxylic acid groups (broad SMARTS) is 1. The first-order valence-electron chi connectivity index (χ1n) is 11.0. The number of imidazole rings is 1. The van der Waals surface area contributed by atoms with Crippen LogP contribution in [0.1, 0.15) is 17.7 Å². The number of hydrogen-bond acceptors (Lipinski definition) is 13. The molecule has 17 nitrogen and oxygen atoms in total. The van der Waals surface area contributed by atoms with E-state index in [1.807, 2.05) is 18.2 Å². The number of hydrogen-bond donors (Lipinski definition) is 2. The van der Waals surface area contributed by atoms with Crippen molar-refractivity contribution in [2.24, 2.45) is 0 Å². The Labute approximate surface area is 220 Å². The van der Waals surface area contributed by atoms with E-state index in [1.165, 1.54) is 6.20 Å². The van der Waals surface area contributed by atoms with Crippen molar-refractivity contribution >= 4 is 33.8 Å². The number of aromatic amines is 1. The predicted octanol–water partition coefficient (Wildman–Crippen LogP) is 1.12. The van der Waals surface area contributed by atoms with Crippen LogP contribution in [-0.2, 0) is 40.6 Å². The van der Waals surface area contributed by atoms with Crippen molar-refractivity contribution in [2.45, 2.75) is 36.5 Å². The maximum Gasteiger partial charge on any atom is 0.338 e. The summed E-state index contributed by atoms with van der Waals surface area (Å²) in [6.07, 6.45) is -3.65. The summed E-state index contributed by atoms with van der Waals surface area (Å²) in [4.78, 5) is 63.7. The van der Waals surface area contributed by atoms with E-state index >= 15 is 0 Å². The van der Waals surface area contributed by atoms with Gasteiger partial charge in [-0.2, -0.15) is 0 Å². The molecule has 3 atom stereocenters. The molecule has 0 aliphatic carbocycles. The van der Waals surface area contributed by atoms with Gasteiger partial charge >= 0.3 is 11.9 Å². The first kappa shape index (κ1) is 28.7. The third-order valence-corrected chi connectivity index (χ3v) is 6.21. The zero-order chi connectivity index (χ0) is 28.5. The molecule has 0 spiro atoms. The van der Waals surface area contributed by atoms with E-state index < -0.39 is 51.7 Å². The number of pyridine rings is 1. The zero-order valence-electron chi connectivity index (χ0n) is 20.1. The van der Waals surface area contributed by atoms with Crippen molar-refractivity contribution < 1.29 is 48.2 Å². The number of para-hydroxylation sites is 2. The number of nitrogens with zero attached hydrogens (tertiary/aromatic N) is 4. The van der Waals surface area contributed by atoms with Crippen molar-refractivity contribution in [2.75, 3.05) is 13.2 Å². The fourth-order valence-corrected chi connectivity index (χ4v) is 4.32. The van der Waals surface area contributed by atoms with Crippen LogP contribution in [0.3, 0.4) is 0 Å². The molecule has 0 amide bonds. The number of rotatable bonds is 15. The second kappa shape index (κ2) is 13.1. The van der Waals surface area contributed by atoms with Gasteiger partial charge in [0.15, 0.2) is 5.16 Å². The molecule has 1 aromatic carbocycles. The molecule has 3 aromatic rings. The molecule has 3 rings (SSSR count). The van der Waals surface area contributed by atoms with Crippen LogP contribution in [0.15, 0.2) is 41.7 Å². The van der Waals surface area contributed by atoms with Gasteiger partial charge < -0.3 is 19.6 Å². The maximum atomic E-state index is 12.8. The first-order chi connectivity index (χ1) is 18.6. The Morgan fingerprint density at radius 2 is 1.79 bits per heavy atom. The van der Waals surface area contributed by atoms with Crippen LogP contribution in [0.4, 0.5) is 0 Å². The minimum atomic E-state index is -2.63. The summed E-state index contributed by atoms with van der Waals surface area (Å²) >= 11 is 0. The number of carbonyl (C=O) groups is 2. The van der Waals surface area contributed by atoms with Crippen molar-refractivity contribution in [3.05, 3.63) is 68.0 Å². The SMILES string of the molecule is Cc1c(OCCCOC(=O)C(O[N+](=O)[O-])C(O[N+](=O)[O-])C(=O)O)ccnc1CS(=O)c1nc2ccccc2[nH]1. The molecule has 2 heterocycles. The number of fused-ring (bicyclic) bond motifs is 1. The number of carbonyl (C=O) groups excluding carboxylic acids is 1. The van der Waals surface area contributed by atoms with Gasteiger partial charge in [0.05, 0.1) is 46.5 Å². The summed E-state index contributed by atoms with van der Waals surface area (Å²) in [5, 5.41) is 27.4. The van der Waals surface area contributed by atoms with Gasteiger partial charge in [-0.25, -0.2) is 14.6 Å². The average molecular weight is 567 g/mol. The lowest BCUT2D eigenvalue weighted by Gasteiger charge is -2.19. The van der Waals surface area contributed by atoms with Crippen LogP contribution in [0.5, 0.6) is 5.75 Å². The predicted molar refractivity (Wildman–Crippen MR) is 128 cm³/mol. The number of ether oxygens (including phenoxy) is 2. The van der Waals surface area contributed by atoms with E-state index in [2.05, 4.69) is 24.6 Å². The van der Waals surface area contributed by atoms with Crippen LogP contribution in [0.25, 0.3) is 11.0 Å². The Morgan fingerprint density at radius 3 is 2.46 bits per heavy atom. The first-order valence-corrected chi connectivity index (χ1v) is 12.3. The summed E-state index contributed by atoms with van der Waals surface area (Å²) in [6, 6.07) is 8.83. The molecular weight excluding hydrogens is 546 g/mol. The van der Waals surface area contributed by atoms with Crippen molar-refractivity contribution in [3.63, 3.8) is 0 Å². The van der Waals surface area contributed by atoms with Gasteiger partial charge in [0.1, 0.15) is 5.75 Å². The van der Waals surface area contributed by atoms with E-state index in [9.17, 15) is 34.0 Å². The van der Waals surface area contributed by atoms with Crippen LogP contribution < -0.4 is 4.74 Å². The van der Waals surface area contributed by atoms with Gasteiger partial charge in [-0.05, 0) is 25.1 Å². The Balaban J connectivity index is 1.54. The minimum Gasteiger partial charge on any atom is -0.493 e. The summed E-state index contributed by atoms with van der Waals surface area (Å²) in [6.45, 7) is 1.31. The number of aromatic nitrogens is 3. The highest BCUT2D eigenvalue weighted by Gasteiger charge is 2.41. The third kappa shape index (κ3) is 7.81. The average Bonchev–Trinajstić information content (AvgIpc) is 3.32. The fraction of sp³-hybridized carbons (Fsp3) is 0.333. The maximum absolute atomic E-state index is 12.8. The largest absolute Gasteiger partial charge is 0.493 e. The lowest BCUT2D eigenvalue weighted by Crippen LogP contribution is -2.46. The van der Waals surface area contributed by atoms with E-state index in [4.69, 9.17) is 14.6 Å². The molecule has 208 valence electrons. The molecule has 0 aliphatic rings. The quantitative estimate of drug-likeness (QED) is 0.113. The van der Waals surface area contributed by atoms with E-state index in [-0.39, 0.29) is 18.8 Å². The van der Waals surface area contributed by atoms with Gasteiger partial charge in [0.25, 0.3) is 10.2 Å². The van der Waals surface area contributed by atoms with Crippen molar-refractivity contribution in [3.8, 4) is 5.75 Å². The van der Waals surface area contributed by atoms with E-state index in [0.29, 0.717) is 27.7 Å². The number of esters is 1. The fourth-order valence-electron chi connectivity index (χ4n) is 3.22. The molecule has 0 bridgehead atoms. The standard InChI is InChI=1S/C21H21N5O12S/c1-12-15(11-39(34)21-23-13-5-2-3-6-14(13)24-21)22-8-7-16(12)35-9-4-10-36-20(29)18(38-26(32)33)17(19(27)28)37-25(30)31/h2-3,5-8,17-18H,4,9-11H2,1H3,(H,23,24)(H,27,28). The zero-order valence-corrected chi connectivity index (χ0v) is 20.9. The van der Waals surface area contributed by atoms with Gasteiger partial charge in [-0.15, -0.1) is 20.2 Å². The van der Waals surface area contributed by atoms with Gasteiger partial charge in [0.2, 0.25) is 12.2 Å². The second-order valence-corrected chi connectivity index (χ2v) is 9.00. The summed E-state index contributed by atoms with van der Waals surface area (Å²) in [5.74, 6) is -3.14. The molecule has 0 saturated heterocycles. The number of nitrogens with one attached hydrogen (secondary N) is 1. The Bertz CT molecular complexity index is 1360. The smallest absolute Gasteiger partial charge is 0.338 e. The molecule has 2 aromatic heterocycles. The highest BCUT2D eigenvalue weighted by molar-refractivity contribution is 7.84. The van der Waals surface area contributed by atoms with Gasteiger partial charge in [-0.3, -0.25) is 18.9 Å². The number of aliphatic carboxylic acids is 1. The highest BCUT2D eigenvalue weighted by Crippen LogP contribution is 2.22. The van der Waals surface area contributed by atoms with Crippen molar-refractivity contribution in [1.29, 1.82) is 0 Å². The van der Waals surface area contributed by atoms with Crippen LogP contribution >= 0.6 is 0 Å². The number of benzene rings is 1. The van der Waals surface area contributed by atoms with Crippen LogP contribution in [0.2, 0.25) is 0 Å². The van der Waals surface area contributed by atoms with Crippen LogP contribution in [0, 0.1) is 27.2 Å². The number of carboxylic acids is 1.